The molecular weight excluding hydrogens is 384 g/mol. The molecule has 0 atom stereocenters. The van der Waals surface area contributed by atoms with Gasteiger partial charge in [0.25, 0.3) is 5.91 Å². The zero-order chi connectivity index (χ0) is 19.0. The number of hydrogen-bond donors (Lipinski definition) is 2. The maximum atomic E-state index is 12.8. The fraction of sp³-hybridized carbons (Fsp3) is 0.421. The van der Waals surface area contributed by atoms with Crippen molar-refractivity contribution in [3.63, 3.8) is 0 Å². The van der Waals surface area contributed by atoms with Crippen LogP contribution in [-0.2, 0) is 22.9 Å². The number of hydrogen-bond acceptors (Lipinski definition) is 5. The lowest BCUT2D eigenvalue weighted by Crippen LogP contribution is -2.35. The number of phenolic OH excluding ortho intramolecular Hbond substituents is 1. The van der Waals surface area contributed by atoms with Gasteiger partial charge in [0.1, 0.15) is 5.75 Å². The molecule has 144 valence electrons. The van der Waals surface area contributed by atoms with Crippen molar-refractivity contribution in [1.82, 2.24) is 4.31 Å². The molecule has 6 nitrogen and oxygen atoms in total. The van der Waals surface area contributed by atoms with Gasteiger partial charge in [-0.3, -0.25) is 4.79 Å². The first kappa shape index (κ1) is 18.5. The Hall–Kier alpha value is -1.90. The fourth-order valence-corrected chi connectivity index (χ4v) is 6.35. The van der Waals surface area contributed by atoms with Crippen LogP contribution in [0.1, 0.15) is 45.8 Å². The number of phenols is 1. The fourth-order valence-electron chi connectivity index (χ4n) is 3.65. The molecule has 0 unspecified atom stereocenters. The second-order valence-electron chi connectivity index (χ2n) is 7.01. The summed E-state index contributed by atoms with van der Waals surface area (Å²) in [7, 11) is -3.63. The standard InChI is InChI=1S/C19H22N2O4S2/c22-16-8-7-14(27(24,25)21-9-2-1-3-10-21)12-15(16)20-19(23)18-11-13-5-4-6-17(13)26-18/h7-8,11-12,22H,1-6,9-10H2,(H,20,23). The van der Waals surface area contributed by atoms with Crippen molar-refractivity contribution in [2.75, 3.05) is 18.4 Å². The lowest BCUT2D eigenvalue weighted by molar-refractivity contribution is 0.103. The van der Waals surface area contributed by atoms with E-state index < -0.39 is 10.0 Å². The topological polar surface area (TPSA) is 86.7 Å². The van der Waals surface area contributed by atoms with E-state index in [0.717, 1.165) is 38.5 Å². The van der Waals surface area contributed by atoms with Crippen LogP contribution in [0.15, 0.2) is 29.2 Å². The molecule has 1 aliphatic heterocycles. The van der Waals surface area contributed by atoms with Crippen molar-refractivity contribution in [2.45, 2.75) is 43.4 Å². The molecule has 1 aromatic heterocycles. The molecule has 1 amide bonds. The lowest BCUT2D eigenvalue weighted by Gasteiger charge is -2.26. The Balaban J connectivity index is 1.57. The lowest BCUT2D eigenvalue weighted by atomic mass is 10.2. The summed E-state index contributed by atoms with van der Waals surface area (Å²) in [5.41, 5.74) is 1.34. The molecule has 2 heterocycles. The molecule has 2 aliphatic rings. The van der Waals surface area contributed by atoms with Crippen LogP contribution in [-0.4, -0.2) is 36.8 Å². The van der Waals surface area contributed by atoms with E-state index in [1.807, 2.05) is 6.07 Å². The Morgan fingerprint density at radius 1 is 1.07 bits per heavy atom. The number of fused-ring (bicyclic) bond motifs is 1. The van der Waals surface area contributed by atoms with Crippen molar-refractivity contribution < 1.29 is 18.3 Å². The quantitative estimate of drug-likeness (QED) is 0.762. The van der Waals surface area contributed by atoms with Gasteiger partial charge in [-0.05, 0) is 61.9 Å². The smallest absolute Gasteiger partial charge is 0.265 e. The van der Waals surface area contributed by atoms with E-state index in [9.17, 15) is 18.3 Å². The Labute approximate surface area is 162 Å². The van der Waals surface area contributed by atoms with Crippen LogP contribution < -0.4 is 5.32 Å². The van der Waals surface area contributed by atoms with Crippen molar-refractivity contribution >= 4 is 33.0 Å². The summed E-state index contributed by atoms with van der Waals surface area (Å²) < 4.78 is 27.1. The van der Waals surface area contributed by atoms with E-state index in [1.165, 1.54) is 44.3 Å². The SMILES string of the molecule is O=C(Nc1cc(S(=O)(=O)N2CCCCC2)ccc1O)c1cc2c(s1)CCC2. The van der Waals surface area contributed by atoms with Crippen LogP contribution in [0.3, 0.4) is 0 Å². The number of carbonyl (C=O) groups excluding carboxylic acids is 1. The minimum atomic E-state index is -3.63. The largest absolute Gasteiger partial charge is 0.506 e. The third kappa shape index (κ3) is 3.61. The number of benzene rings is 1. The van der Waals surface area contributed by atoms with Gasteiger partial charge in [-0.15, -0.1) is 11.3 Å². The number of nitrogens with one attached hydrogen (secondary N) is 1. The molecule has 1 aromatic carbocycles. The normalized spacial score (nSPS) is 17.6. The second kappa shape index (κ2) is 7.26. The van der Waals surface area contributed by atoms with Crippen LogP contribution in [0.4, 0.5) is 5.69 Å². The first-order chi connectivity index (χ1) is 12.9. The molecule has 1 saturated heterocycles. The monoisotopic (exact) mass is 406 g/mol. The van der Waals surface area contributed by atoms with E-state index in [-0.39, 0.29) is 22.2 Å². The molecule has 0 saturated carbocycles. The molecule has 0 bridgehead atoms. The number of aromatic hydroxyl groups is 1. The molecule has 27 heavy (non-hydrogen) atoms. The number of aryl methyl sites for hydroxylation is 2. The average Bonchev–Trinajstić information content (AvgIpc) is 3.26. The Kier molecular flexibility index (Phi) is 4.96. The zero-order valence-corrected chi connectivity index (χ0v) is 16.5. The van der Waals surface area contributed by atoms with Gasteiger partial charge in [-0.1, -0.05) is 6.42 Å². The van der Waals surface area contributed by atoms with Crippen LogP contribution in [0.25, 0.3) is 0 Å². The summed E-state index contributed by atoms with van der Waals surface area (Å²) >= 11 is 1.47. The van der Waals surface area contributed by atoms with Gasteiger partial charge < -0.3 is 10.4 Å². The highest BCUT2D eigenvalue weighted by atomic mass is 32.2. The van der Waals surface area contributed by atoms with E-state index in [0.29, 0.717) is 18.0 Å². The predicted octanol–water partition coefficient (Wildman–Crippen LogP) is 3.37. The van der Waals surface area contributed by atoms with E-state index in [1.54, 1.807) is 0 Å². The van der Waals surface area contributed by atoms with Gasteiger partial charge in [0, 0.05) is 18.0 Å². The Morgan fingerprint density at radius 3 is 2.59 bits per heavy atom. The van der Waals surface area contributed by atoms with Crippen LogP contribution in [0.2, 0.25) is 0 Å². The third-order valence-corrected chi connectivity index (χ3v) is 8.27. The number of rotatable bonds is 4. The van der Waals surface area contributed by atoms with E-state index in [2.05, 4.69) is 5.32 Å². The van der Waals surface area contributed by atoms with Crippen molar-refractivity contribution in [3.8, 4) is 5.75 Å². The van der Waals surface area contributed by atoms with Gasteiger partial charge in [-0.25, -0.2) is 8.42 Å². The minimum absolute atomic E-state index is 0.0891. The van der Waals surface area contributed by atoms with Crippen LogP contribution in [0, 0.1) is 0 Å². The van der Waals surface area contributed by atoms with Crippen molar-refractivity contribution in [1.29, 1.82) is 0 Å². The molecule has 8 heteroatoms. The average molecular weight is 407 g/mol. The number of piperidine rings is 1. The van der Waals surface area contributed by atoms with E-state index in [4.69, 9.17) is 0 Å². The molecule has 0 radical (unpaired) electrons. The van der Waals surface area contributed by atoms with Crippen LogP contribution in [0.5, 0.6) is 5.75 Å². The van der Waals surface area contributed by atoms with Crippen LogP contribution >= 0.6 is 11.3 Å². The summed E-state index contributed by atoms with van der Waals surface area (Å²) in [4.78, 5) is 14.5. The number of amides is 1. The maximum absolute atomic E-state index is 12.8. The van der Waals surface area contributed by atoms with E-state index >= 15 is 0 Å². The van der Waals surface area contributed by atoms with Gasteiger partial charge in [-0.2, -0.15) is 4.31 Å². The summed E-state index contributed by atoms with van der Waals surface area (Å²) in [6, 6.07) is 5.95. The van der Waals surface area contributed by atoms with Gasteiger partial charge in [0.15, 0.2) is 0 Å². The number of thiophene rings is 1. The molecule has 2 aromatic rings. The number of sulfonamides is 1. The second-order valence-corrected chi connectivity index (χ2v) is 10.1. The zero-order valence-electron chi connectivity index (χ0n) is 14.9. The van der Waals surface area contributed by atoms with Gasteiger partial charge >= 0.3 is 0 Å². The molecular formula is C19H22N2O4S2. The van der Waals surface area contributed by atoms with Gasteiger partial charge in [0.2, 0.25) is 10.0 Å². The molecule has 1 fully saturated rings. The molecule has 4 rings (SSSR count). The highest BCUT2D eigenvalue weighted by Crippen LogP contribution is 2.33. The highest BCUT2D eigenvalue weighted by Gasteiger charge is 2.27. The molecule has 1 aliphatic carbocycles. The Morgan fingerprint density at radius 2 is 1.85 bits per heavy atom. The first-order valence-corrected chi connectivity index (χ1v) is 11.5. The van der Waals surface area contributed by atoms with Crippen molar-refractivity contribution in [3.05, 3.63) is 39.6 Å². The highest BCUT2D eigenvalue weighted by molar-refractivity contribution is 7.89. The third-order valence-electron chi connectivity index (χ3n) is 5.14. The molecule has 2 N–H and O–H groups in total. The number of carbonyl (C=O) groups is 1. The maximum Gasteiger partial charge on any atom is 0.265 e. The number of nitrogens with zero attached hydrogens (tertiary/aromatic N) is 1. The molecule has 0 spiro atoms. The minimum Gasteiger partial charge on any atom is -0.506 e. The van der Waals surface area contributed by atoms with Gasteiger partial charge in [0.05, 0.1) is 15.5 Å². The predicted molar refractivity (Wildman–Crippen MR) is 105 cm³/mol. The summed E-state index contributed by atoms with van der Waals surface area (Å²) in [5, 5.41) is 12.8. The van der Waals surface area contributed by atoms with Crippen molar-refractivity contribution in [2.24, 2.45) is 0 Å². The first-order valence-electron chi connectivity index (χ1n) is 9.21. The Bertz CT molecular complexity index is 954. The summed E-state index contributed by atoms with van der Waals surface area (Å²) in [5.74, 6) is -0.470. The summed E-state index contributed by atoms with van der Waals surface area (Å²) in [6.45, 7) is 1.01. The summed E-state index contributed by atoms with van der Waals surface area (Å²) in [6.07, 6.45) is 5.86. The number of anilines is 1.